The van der Waals surface area contributed by atoms with Gasteiger partial charge >= 0.3 is 11.9 Å². The zero-order valence-corrected chi connectivity index (χ0v) is 65.5. The van der Waals surface area contributed by atoms with Crippen molar-refractivity contribution in [2.45, 2.75) is 175 Å². The van der Waals surface area contributed by atoms with Crippen LogP contribution in [-0.4, -0.2) is 194 Å². The highest BCUT2D eigenvalue weighted by Crippen LogP contribution is 2.48. The molecule has 0 aromatic carbocycles. The minimum atomic E-state index is -1.57. The zero-order valence-electron chi connectivity index (χ0n) is 63.8. The fourth-order valence-corrected chi connectivity index (χ4v) is 16.6. The van der Waals surface area contributed by atoms with E-state index in [-0.39, 0.29) is 91.1 Å². The number of aryl methyl sites for hydroxylation is 2. The Morgan fingerprint density at radius 1 is 0.618 bits per heavy atom. The molecule has 9 aliphatic rings. The van der Waals surface area contributed by atoms with Gasteiger partial charge < -0.3 is 65.2 Å². The first kappa shape index (κ1) is 79.3. The van der Waals surface area contributed by atoms with E-state index in [2.05, 4.69) is 81.6 Å². The lowest BCUT2D eigenvalue weighted by Crippen LogP contribution is -2.65. The number of aliphatic hydroxyl groups is 4. The number of carbonyl (C=O) groups is 6. The number of hydrogen-bond acceptors (Lipinski definition) is 20. The van der Waals surface area contributed by atoms with Crippen LogP contribution in [0.3, 0.4) is 0 Å². The molecule has 16 bridgehead atoms. The van der Waals surface area contributed by atoms with E-state index >= 15 is 0 Å². The number of nitrogens with zero attached hydrogens (tertiary/aromatic N) is 7. The van der Waals surface area contributed by atoms with Crippen LogP contribution in [0.4, 0.5) is 0 Å². The van der Waals surface area contributed by atoms with Crippen LogP contribution in [0.15, 0.2) is 66.7 Å². The molecule has 0 aliphatic carbocycles. The van der Waals surface area contributed by atoms with Gasteiger partial charge in [-0.2, -0.15) is 0 Å². The molecule has 10 N–H and O–H groups in total. The third kappa shape index (κ3) is 14.5. The van der Waals surface area contributed by atoms with Crippen molar-refractivity contribution < 1.29 is 63.4 Å². The smallest absolute Gasteiger partial charge is 0.305 e. The molecular formula is C82H93N13O13S2. The number of imide groups is 2. The average Bonchev–Trinajstić information content (AvgIpc) is 1.57. The van der Waals surface area contributed by atoms with Gasteiger partial charge in [-0.3, -0.25) is 38.6 Å². The van der Waals surface area contributed by atoms with E-state index < -0.39 is 55.0 Å². The highest BCUT2D eigenvalue weighted by Gasteiger charge is 2.46. The lowest BCUT2D eigenvalue weighted by atomic mass is 9.84. The van der Waals surface area contributed by atoms with Crippen LogP contribution in [0.25, 0.3) is 66.7 Å². The second kappa shape index (κ2) is 32.7. The molecule has 0 radical (unpaired) electrons. The number of aliphatic imine (C=N–C) groups is 1. The van der Waals surface area contributed by atoms with E-state index in [1.54, 1.807) is 6.08 Å². The molecule has 9 atom stereocenters. The van der Waals surface area contributed by atoms with Gasteiger partial charge in [0.15, 0.2) is 11.4 Å². The zero-order chi connectivity index (χ0) is 79.2. The van der Waals surface area contributed by atoms with Crippen LogP contribution in [0.1, 0.15) is 251 Å². The lowest BCUT2D eigenvalue weighted by molar-refractivity contribution is -0.252. The fraction of sp³-hybridized carbons (Fsp3) is 0.415. The number of hydrogen-bond donors (Lipinski definition) is 10. The first-order chi connectivity index (χ1) is 52.7. The molecular weight excluding hydrogens is 1440 g/mol. The van der Waals surface area contributed by atoms with Gasteiger partial charge in [0.2, 0.25) is 0 Å². The monoisotopic (exact) mass is 1530 g/mol. The highest BCUT2D eigenvalue weighted by molar-refractivity contribution is 7.80. The molecule has 4 amide bonds. The number of aromatic amines is 4. The second-order valence-corrected chi connectivity index (χ2v) is 29.3. The number of esters is 2. The number of ether oxygens (including phenoxy) is 3. The van der Waals surface area contributed by atoms with Crippen molar-refractivity contribution in [2.24, 2.45) is 4.99 Å². The Balaban J connectivity index is 0.000000210. The Morgan fingerprint density at radius 2 is 1.05 bits per heavy atom. The summed E-state index contributed by atoms with van der Waals surface area (Å²) in [5, 5.41) is 48.7. The number of carbonyl (C=O) groups excluding carboxylic acids is 6. The van der Waals surface area contributed by atoms with Crippen molar-refractivity contribution in [2.75, 3.05) is 47.0 Å². The van der Waals surface area contributed by atoms with E-state index in [1.165, 1.54) is 24.0 Å². The molecule has 4 aromatic heterocycles. The predicted octanol–water partition coefficient (Wildman–Crippen LogP) is 11.6. The van der Waals surface area contributed by atoms with E-state index in [4.69, 9.17) is 58.6 Å². The van der Waals surface area contributed by atoms with Gasteiger partial charge in [0.1, 0.15) is 24.4 Å². The topological polar surface area (TPSA) is 369 Å². The summed E-state index contributed by atoms with van der Waals surface area (Å²) in [4.78, 5) is 124. The number of allylic oxidation sites excluding steroid dienone is 10. The van der Waals surface area contributed by atoms with E-state index in [1.807, 2.05) is 84.0 Å². The summed E-state index contributed by atoms with van der Waals surface area (Å²) in [5.74, 6) is -3.41. The van der Waals surface area contributed by atoms with E-state index in [9.17, 15) is 49.2 Å². The van der Waals surface area contributed by atoms with Crippen LogP contribution in [0.2, 0.25) is 0 Å². The third-order valence-electron chi connectivity index (χ3n) is 22.7. The second-order valence-electron chi connectivity index (χ2n) is 28.7. The van der Waals surface area contributed by atoms with Gasteiger partial charge in [-0.1, -0.05) is 53.0 Å². The quantitative estimate of drug-likeness (QED) is 0.0129. The minimum absolute atomic E-state index is 0.000551. The van der Waals surface area contributed by atoms with Crippen LogP contribution >= 0.6 is 24.4 Å². The number of aliphatic hydroxyl groups excluding tert-OH is 4. The van der Waals surface area contributed by atoms with Crippen molar-refractivity contribution >= 4 is 137 Å². The summed E-state index contributed by atoms with van der Waals surface area (Å²) in [5.41, 5.74) is 21.9. The average molecular weight is 1530 g/mol. The summed E-state index contributed by atoms with van der Waals surface area (Å²) in [6.45, 7) is 28.4. The van der Waals surface area contributed by atoms with Crippen molar-refractivity contribution in [1.82, 2.24) is 60.3 Å². The number of nitrogens with one attached hydrogen (secondary N) is 6. The van der Waals surface area contributed by atoms with Crippen molar-refractivity contribution in [3.8, 4) is 0 Å². The first-order valence-electron chi connectivity index (χ1n) is 37.1. The molecule has 4 aromatic rings. The summed E-state index contributed by atoms with van der Waals surface area (Å²) < 4.78 is 15.2. The van der Waals surface area contributed by atoms with Crippen LogP contribution < -0.4 is 10.6 Å². The van der Waals surface area contributed by atoms with Crippen molar-refractivity contribution in [3.63, 3.8) is 0 Å². The van der Waals surface area contributed by atoms with Gasteiger partial charge in [0.25, 0.3) is 23.6 Å². The van der Waals surface area contributed by atoms with Gasteiger partial charge in [-0.05, 0) is 185 Å². The first-order valence-corrected chi connectivity index (χ1v) is 38.0. The maximum Gasteiger partial charge on any atom is 0.305 e. The number of rotatable bonds is 20. The van der Waals surface area contributed by atoms with Gasteiger partial charge in [-0.25, -0.2) is 24.9 Å². The number of isothiocyanates is 1. The SMILES string of the molecule is C=CC1=C(C)c2cc3[nH]c(c4c5[nH]c(cc6nc(cc1n2)C(C)=C6CC)c(C)c5C(=O)N(CCCN=C=S)C4=O)[C@@H](CCC(=O)OC)[C@@H]3C.C=CC1=C(C)c2cc3[nH]c(c4c5[nH]c(cc6nc(cc1n2)C(C)=C6CC)c(C)c5C(=O)N(CCCNC(=S)NC1C(O)OC(CO)C(O)C1O)C4=O)[C@@H](CCC(=O)OC)[C@@H]3C. The maximum atomic E-state index is 14.9. The summed E-state index contributed by atoms with van der Waals surface area (Å²) in [6, 6.07) is 10.7. The van der Waals surface area contributed by atoms with Gasteiger partial charge in [0, 0.05) is 101 Å². The standard InChI is InChI=1S/C44H53N7O9S.C38H40N6O4S/c1-8-23-19(3)26-15-28-21(5)25(11-12-33(53)59-7)36(48-28)35-37-34(22(6)29(49-37)17-31-24(9-2)20(4)27(47-31)16-30(23)46-26)41(56)51(42(35)57)14-10-13-45-44(61)50-38-40(55)39(54)32(18-52)60-43(38)58;1-8-23-19(3)26-15-28-21(5)25(11-12-32(45)48-7)35(42-28)34-36-33(37(46)44(38(34)47)14-10-13-39-18-49)22(6)29(43-36)17-31-24(9-2)20(4)27(41-31)16-30(23)40-26/h8,15-17,21,25,32,38-40,43,48-49,52,54-55,58H,1,9-14,18H2,2-7H3,(H2,45,50,61);8,15-17,21,25,42-43H,1,9-14H2,2-7H3/t21-,25-,32?,38?,39?,40?,43?;21-,25-/m00/s1. The molecule has 0 spiro atoms. The summed E-state index contributed by atoms with van der Waals surface area (Å²) in [7, 11) is 2.71. The van der Waals surface area contributed by atoms with Gasteiger partial charge in [-0.15, -0.1) is 0 Å². The van der Waals surface area contributed by atoms with Crippen LogP contribution in [-0.2, 0) is 23.8 Å². The predicted molar refractivity (Wildman–Crippen MR) is 427 cm³/mol. The molecule has 28 heteroatoms. The third-order valence-corrected chi connectivity index (χ3v) is 23.1. The van der Waals surface area contributed by atoms with Gasteiger partial charge in [0.05, 0.1) is 111 Å². The molecule has 9 aliphatic heterocycles. The Labute approximate surface area is 647 Å². The Morgan fingerprint density at radius 3 is 1.46 bits per heavy atom. The normalized spacial score (nSPS) is 21.3. The maximum absolute atomic E-state index is 14.9. The Kier molecular flexibility index (Phi) is 23.6. The largest absolute Gasteiger partial charge is 0.469 e. The Bertz CT molecular complexity index is 5220. The van der Waals surface area contributed by atoms with Crippen molar-refractivity contribution in [1.29, 1.82) is 0 Å². The number of thiocarbonyl (C=S) groups is 2. The number of H-pyrrole nitrogens is 4. The highest BCUT2D eigenvalue weighted by atomic mass is 32.1. The summed E-state index contributed by atoms with van der Waals surface area (Å²) in [6.07, 6.45) is 1.12. The minimum Gasteiger partial charge on any atom is -0.469 e. The van der Waals surface area contributed by atoms with Crippen molar-refractivity contribution in [3.05, 3.63) is 163 Å². The lowest BCUT2D eigenvalue weighted by Gasteiger charge is -2.40. The molecule has 110 heavy (non-hydrogen) atoms. The number of fused-ring (bicyclic) bond motifs is 16. The molecule has 5 unspecified atom stereocenters. The van der Waals surface area contributed by atoms with Crippen LogP contribution in [0.5, 0.6) is 0 Å². The molecule has 1 fully saturated rings. The Hall–Kier alpha value is -10.3. The van der Waals surface area contributed by atoms with E-state index in [0.717, 1.165) is 114 Å². The molecule has 13 rings (SSSR count). The summed E-state index contributed by atoms with van der Waals surface area (Å²) >= 11 is 10.1. The molecule has 1 saturated heterocycles. The van der Waals surface area contributed by atoms with Crippen LogP contribution in [0, 0.1) is 13.8 Å². The fourth-order valence-electron chi connectivity index (χ4n) is 16.3. The molecule has 13 heterocycles. The number of methoxy groups -OCH3 is 2. The van der Waals surface area contributed by atoms with E-state index in [0.29, 0.717) is 87.9 Å². The number of aromatic nitrogens is 8. The molecule has 26 nitrogen and oxygen atoms in total. The molecule has 576 valence electrons. The molecule has 0 saturated carbocycles. The number of amides is 4.